The lowest BCUT2D eigenvalue weighted by Gasteiger charge is -1.97. The van der Waals surface area contributed by atoms with E-state index in [4.69, 9.17) is 0 Å². The first-order chi connectivity index (χ1) is 5.30. The van der Waals surface area contributed by atoms with Gasteiger partial charge in [-0.15, -0.1) is 0 Å². The summed E-state index contributed by atoms with van der Waals surface area (Å²) in [5.41, 5.74) is 0. The summed E-state index contributed by atoms with van der Waals surface area (Å²) in [7, 11) is 0. The summed E-state index contributed by atoms with van der Waals surface area (Å²) in [6.45, 7) is 1.76. The molecule has 0 aromatic carbocycles. The number of hydrogen-bond donors (Lipinski definition) is 0. The zero-order chi connectivity index (χ0) is 7.84. The first-order valence-corrected chi connectivity index (χ1v) is 4.81. The van der Waals surface area contributed by atoms with Crippen LogP contribution in [0.15, 0.2) is 0 Å². The summed E-state index contributed by atoms with van der Waals surface area (Å²) < 4.78 is 0. The van der Waals surface area contributed by atoms with Crippen molar-refractivity contribution in [1.29, 1.82) is 0 Å². The Morgan fingerprint density at radius 1 is 1.09 bits per heavy atom. The molecule has 0 aromatic heterocycles. The summed E-state index contributed by atoms with van der Waals surface area (Å²) in [4.78, 5) is 11.1. The third kappa shape index (κ3) is 1.21. The van der Waals surface area contributed by atoms with Crippen molar-refractivity contribution in [2.45, 2.75) is 39.0 Å². The number of carbonyl (C=O) groups is 1. The van der Waals surface area contributed by atoms with Crippen LogP contribution >= 0.6 is 0 Å². The Kier molecular flexibility index (Phi) is 1.74. The van der Waals surface area contributed by atoms with E-state index in [0.717, 1.165) is 11.8 Å². The van der Waals surface area contributed by atoms with E-state index in [9.17, 15) is 4.79 Å². The van der Waals surface area contributed by atoms with Gasteiger partial charge in [0.2, 0.25) is 0 Å². The van der Waals surface area contributed by atoms with Gasteiger partial charge in [0.15, 0.2) is 0 Å². The van der Waals surface area contributed by atoms with E-state index in [-0.39, 0.29) is 0 Å². The van der Waals surface area contributed by atoms with Gasteiger partial charge in [-0.05, 0) is 31.6 Å². The number of hydrogen-bond acceptors (Lipinski definition) is 1. The number of Topliss-reactive ketones (excluding diaryl/α,β-unsaturated/α-hetero) is 1. The minimum Gasteiger partial charge on any atom is -0.300 e. The zero-order valence-electron chi connectivity index (χ0n) is 7.18. The third-order valence-corrected chi connectivity index (χ3v) is 3.38. The molecular formula is C10H16O. The van der Waals surface area contributed by atoms with Crippen LogP contribution < -0.4 is 0 Å². The van der Waals surface area contributed by atoms with E-state index in [1.54, 1.807) is 6.92 Å². The molecule has 2 aliphatic carbocycles. The normalized spacial score (nSPS) is 42.5. The van der Waals surface area contributed by atoms with Crippen molar-refractivity contribution >= 4 is 5.78 Å². The minimum atomic E-state index is 0.446. The Bertz CT molecular complexity index is 162. The molecule has 11 heavy (non-hydrogen) atoms. The largest absolute Gasteiger partial charge is 0.300 e. The highest BCUT2D eigenvalue weighted by molar-refractivity contribution is 5.81. The van der Waals surface area contributed by atoms with Crippen LogP contribution in [-0.2, 0) is 4.79 Å². The molecule has 1 nitrogen and oxygen atoms in total. The van der Waals surface area contributed by atoms with Gasteiger partial charge in [-0.3, -0.25) is 4.79 Å². The molecule has 0 saturated heterocycles. The highest BCUT2D eigenvalue weighted by atomic mass is 16.1. The Morgan fingerprint density at radius 2 is 1.64 bits per heavy atom. The molecule has 0 radical (unpaired) electrons. The lowest BCUT2D eigenvalue weighted by molar-refractivity contribution is -0.118. The zero-order valence-corrected chi connectivity index (χ0v) is 7.18. The Balaban J connectivity index is 1.96. The molecule has 0 aromatic rings. The quantitative estimate of drug-likeness (QED) is 0.564. The number of fused-ring (bicyclic) bond motifs is 1. The molecule has 0 spiro atoms. The van der Waals surface area contributed by atoms with Gasteiger partial charge in [-0.25, -0.2) is 0 Å². The van der Waals surface area contributed by atoms with Crippen LogP contribution in [-0.4, -0.2) is 5.78 Å². The highest BCUT2D eigenvalue weighted by Gasteiger charge is 2.51. The fraction of sp³-hybridized carbons (Fsp3) is 0.900. The smallest absolute Gasteiger partial charge is 0.133 e. The maximum absolute atomic E-state index is 11.1. The van der Waals surface area contributed by atoms with Gasteiger partial charge < -0.3 is 0 Å². The predicted molar refractivity (Wildman–Crippen MR) is 44.2 cm³/mol. The van der Waals surface area contributed by atoms with Crippen LogP contribution in [0.4, 0.5) is 0 Å². The van der Waals surface area contributed by atoms with E-state index < -0.39 is 0 Å². The van der Waals surface area contributed by atoms with Crippen LogP contribution in [0, 0.1) is 17.8 Å². The minimum absolute atomic E-state index is 0.446. The van der Waals surface area contributed by atoms with Gasteiger partial charge in [0.25, 0.3) is 0 Å². The van der Waals surface area contributed by atoms with E-state index in [1.165, 1.54) is 32.1 Å². The summed E-state index contributed by atoms with van der Waals surface area (Å²) in [6.07, 6.45) is 6.79. The molecule has 1 heteroatoms. The Hall–Kier alpha value is -0.330. The van der Waals surface area contributed by atoms with Crippen molar-refractivity contribution in [2.75, 3.05) is 0 Å². The molecule has 0 N–H and O–H groups in total. The molecule has 2 saturated carbocycles. The SMILES string of the molecule is CC(=O)C1[C@H]2CCCCC[C@@H]12. The fourth-order valence-electron chi connectivity index (χ4n) is 2.77. The number of carbonyl (C=O) groups excluding carboxylic acids is 1. The van der Waals surface area contributed by atoms with Crippen LogP contribution in [0.25, 0.3) is 0 Å². The van der Waals surface area contributed by atoms with Gasteiger partial charge in [-0.2, -0.15) is 0 Å². The first kappa shape index (κ1) is 7.33. The lowest BCUT2D eigenvalue weighted by atomic mass is 10.1. The molecule has 2 rings (SSSR count). The van der Waals surface area contributed by atoms with Crippen LogP contribution in [0.5, 0.6) is 0 Å². The molecule has 2 aliphatic rings. The molecule has 2 fully saturated rings. The third-order valence-electron chi connectivity index (χ3n) is 3.38. The van der Waals surface area contributed by atoms with E-state index in [2.05, 4.69) is 0 Å². The Morgan fingerprint density at radius 3 is 2.09 bits per heavy atom. The van der Waals surface area contributed by atoms with Crippen molar-refractivity contribution in [3.05, 3.63) is 0 Å². The number of rotatable bonds is 1. The second-order valence-corrected chi connectivity index (χ2v) is 4.10. The van der Waals surface area contributed by atoms with Crippen molar-refractivity contribution < 1.29 is 4.79 Å². The average Bonchev–Trinajstić information content (AvgIpc) is 2.57. The van der Waals surface area contributed by atoms with Crippen molar-refractivity contribution in [3.8, 4) is 0 Å². The molecular weight excluding hydrogens is 136 g/mol. The molecule has 62 valence electrons. The standard InChI is InChI=1S/C10H16O/c1-7(11)10-8-5-3-2-4-6-9(8)10/h8-10H,2-6H2,1H3/t8-,9+,10?. The van der Waals surface area contributed by atoms with Gasteiger partial charge in [0, 0.05) is 5.92 Å². The second kappa shape index (κ2) is 2.62. The van der Waals surface area contributed by atoms with Crippen molar-refractivity contribution in [2.24, 2.45) is 17.8 Å². The van der Waals surface area contributed by atoms with Crippen LogP contribution in [0.1, 0.15) is 39.0 Å². The van der Waals surface area contributed by atoms with E-state index in [1.807, 2.05) is 0 Å². The lowest BCUT2D eigenvalue weighted by Crippen LogP contribution is -1.97. The maximum Gasteiger partial charge on any atom is 0.133 e. The van der Waals surface area contributed by atoms with Crippen molar-refractivity contribution in [3.63, 3.8) is 0 Å². The molecule has 0 amide bonds. The topological polar surface area (TPSA) is 17.1 Å². The summed E-state index contributed by atoms with van der Waals surface area (Å²) >= 11 is 0. The van der Waals surface area contributed by atoms with Gasteiger partial charge in [0.1, 0.15) is 5.78 Å². The van der Waals surface area contributed by atoms with Crippen molar-refractivity contribution in [1.82, 2.24) is 0 Å². The Labute approximate surface area is 68.2 Å². The van der Waals surface area contributed by atoms with Crippen LogP contribution in [0.2, 0.25) is 0 Å². The fourth-order valence-corrected chi connectivity index (χ4v) is 2.77. The second-order valence-electron chi connectivity index (χ2n) is 4.10. The number of ketones is 1. The first-order valence-electron chi connectivity index (χ1n) is 4.81. The molecule has 0 bridgehead atoms. The average molecular weight is 152 g/mol. The van der Waals surface area contributed by atoms with Gasteiger partial charge >= 0.3 is 0 Å². The van der Waals surface area contributed by atoms with E-state index in [0.29, 0.717) is 11.7 Å². The van der Waals surface area contributed by atoms with Crippen LogP contribution in [0.3, 0.4) is 0 Å². The monoisotopic (exact) mass is 152 g/mol. The molecule has 1 unspecified atom stereocenters. The molecule has 0 heterocycles. The summed E-state index contributed by atoms with van der Waals surface area (Å²) in [5, 5.41) is 0. The maximum atomic E-state index is 11.1. The van der Waals surface area contributed by atoms with Gasteiger partial charge in [0.05, 0.1) is 0 Å². The van der Waals surface area contributed by atoms with E-state index >= 15 is 0 Å². The molecule has 3 atom stereocenters. The predicted octanol–water partition coefficient (Wildman–Crippen LogP) is 2.40. The highest BCUT2D eigenvalue weighted by Crippen LogP contribution is 2.54. The summed E-state index contributed by atoms with van der Waals surface area (Å²) in [5.74, 6) is 2.53. The molecule has 0 aliphatic heterocycles. The van der Waals surface area contributed by atoms with Gasteiger partial charge in [-0.1, -0.05) is 19.3 Å². The summed E-state index contributed by atoms with van der Waals surface area (Å²) in [6, 6.07) is 0.